The van der Waals surface area contributed by atoms with E-state index >= 15 is 0 Å². The van der Waals surface area contributed by atoms with E-state index in [1.54, 1.807) is 6.92 Å². The zero-order valence-electron chi connectivity index (χ0n) is 12.2. The maximum atomic E-state index is 11.4. The van der Waals surface area contributed by atoms with Gasteiger partial charge in [0.25, 0.3) is 0 Å². The Balaban J connectivity index is 1.84. The molecule has 4 heteroatoms. The summed E-state index contributed by atoms with van der Waals surface area (Å²) in [6, 6.07) is 8.73. The Labute approximate surface area is 119 Å². The Bertz CT molecular complexity index is 632. The highest BCUT2D eigenvalue weighted by molar-refractivity contribution is 5.81. The van der Waals surface area contributed by atoms with Gasteiger partial charge < -0.3 is 0 Å². The van der Waals surface area contributed by atoms with E-state index in [0.717, 1.165) is 25.2 Å². The maximum Gasteiger partial charge on any atom is 0.131 e. The normalized spacial score (nSPS) is 19.8. The van der Waals surface area contributed by atoms with Crippen LogP contribution in [0, 0.1) is 0 Å². The number of hydrogen-bond donors (Lipinski definition) is 0. The quantitative estimate of drug-likeness (QED) is 0.857. The van der Waals surface area contributed by atoms with E-state index in [-0.39, 0.29) is 5.78 Å². The number of carbonyl (C=O) groups excluding carboxylic acids is 1. The Morgan fingerprint density at radius 1 is 1.40 bits per heavy atom. The van der Waals surface area contributed by atoms with E-state index in [4.69, 9.17) is 0 Å². The van der Waals surface area contributed by atoms with Crippen molar-refractivity contribution in [2.24, 2.45) is 7.05 Å². The summed E-state index contributed by atoms with van der Waals surface area (Å²) >= 11 is 0. The van der Waals surface area contributed by atoms with Crippen molar-refractivity contribution < 1.29 is 4.79 Å². The molecular weight excluding hydrogens is 250 g/mol. The van der Waals surface area contributed by atoms with Crippen LogP contribution in [0.15, 0.2) is 24.3 Å². The first-order valence-electron chi connectivity index (χ1n) is 7.29. The van der Waals surface area contributed by atoms with Crippen LogP contribution in [0.3, 0.4) is 0 Å². The number of rotatable bonds is 4. The second-order valence-corrected chi connectivity index (χ2v) is 5.76. The average Bonchev–Trinajstić information content (AvgIpc) is 2.96. The molecule has 0 bridgehead atoms. The minimum absolute atomic E-state index is 0.285. The summed E-state index contributed by atoms with van der Waals surface area (Å²) in [7, 11) is 1.99. The first-order valence-corrected chi connectivity index (χ1v) is 7.29. The molecule has 0 spiro atoms. The number of aromatic nitrogens is 2. The van der Waals surface area contributed by atoms with Gasteiger partial charge in [-0.25, -0.2) is 0 Å². The number of hydrogen-bond acceptors (Lipinski definition) is 3. The van der Waals surface area contributed by atoms with Crippen molar-refractivity contribution in [3.8, 4) is 0 Å². The standard InChI is InChI=1S/C16H21N3O/c1-12(20)10-13-6-5-9-19(13)11-15-14-7-3-4-8-16(14)18(2)17-15/h3-4,7-8,13H,5-6,9-11H2,1-2H3. The number of ketones is 1. The smallest absolute Gasteiger partial charge is 0.131 e. The second-order valence-electron chi connectivity index (χ2n) is 5.76. The number of fused-ring (bicyclic) bond motifs is 1. The summed E-state index contributed by atoms with van der Waals surface area (Å²) in [5.41, 5.74) is 2.29. The molecule has 3 rings (SSSR count). The molecule has 0 N–H and O–H groups in total. The molecule has 106 valence electrons. The SMILES string of the molecule is CC(=O)CC1CCCN1Cc1nn(C)c2ccccc12. The zero-order chi connectivity index (χ0) is 14.1. The van der Waals surface area contributed by atoms with Crippen molar-refractivity contribution >= 4 is 16.7 Å². The van der Waals surface area contributed by atoms with Gasteiger partial charge in [0.15, 0.2) is 0 Å². The topological polar surface area (TPSA) is 38.1 Å². The Hall–Kier alpha value is -1.68. The monoisotopic (exact) mass is 271 g/mol. The Morgan fingerprint density at radius 2 is 2.20 bits per heavy atom. The zero-order valence-corrected chi connectivity index (χ0v) is 12.2. The molecule has 1 aromatic heterocycles. The van der Waals surface area contributed by atoms with Gasteiger partial charge >= 0.3 is 0 Å². The van der Waals surface area contributed by atoms with Crippen LogP contribution in [0.25, 0.3) is 10.9 Å². The highest BCUT2D eigenvalue weighted by Gasteiger charge is 2.26. The largest absolute Gasteiger partial charge is 0.300 e. The van der Waals surface area contributed by atoms with E-state index in [9.17, 15) is 4.79 Å². The number of Topliss-reactive ketones (excluding diaryl/α,β-unsaturated/α-hetero) is 1. The Morgan fingerprint density at radius 3 is 3.00 bits per heavy atom. The first-order chi connectivity index (χ1) is 9.65. The molecule has 2 heterocycles. The predicted molar refractivity (Wildman–Crippen MR) is 79.4 cm³/mol. The average molecular weight is 271 g/mol. The van der Waals surface area contributed by atoms with E-state index < -0.39 is 0 Å². The lowest BCUT2D eigenvalue weighted by Gasteiger charge is -2.22. The fraction of sp³-hybridized carbons (Fsp3) is 0.500. The predicted octanol–water partition coefficient (Wildman–Crippen LogP) is 2.52. The van der Waals surface area contributed by atoms with Gasteiger partial charge in [-0.2, -0.15) is 5.10 Å². The van der Waals surface area contributed by atoms with E-state index in [1.165, 1.54) is 17.3 Å². The lowest BCUT2D eigenvalue weighted by atomic mass is 10.1. The number of benzene rings is 1. The van der Waals surface area contributed by atoms with Crippen LogP contribution in [-0.2, 0) is 18.4 Å². The summed E-state index contributed by atoms with van der Waals surface area (Å²) < 4.78 is 1.95. The van der Waals surface area contributed by atoms with Gasteiger partial charge in [-0.05, 0) is 32.4 Å². The van der Waals surface area contributed by atoms with Gasteiger partial charge in [0.05, 0.1) is 11.2 Å². The minimum Gasteiger partial charge on any atom is -0.300 e. The molecule has 1 aliphatic rings. The number of aryl methyl sites for hydroxylation is 1. The van der Waals surface area contributed by atoms with Gasteiger partial charge in [-0.15, -0.1) is 0 Å². The molecule has 1 aromatic carbocycles. The summed E-state index contributed by atoms with van der Waals surface area (Å²) in [5, 5.41) is 5.88. The molecule has 2 aromatic rings. The van der Waals surface area contributed by atoms with Gasteiger partial charge in [0.1, 0.15) is 5.78 Å². The highest BCUT2D eigenvalue weighted by atomic mass is 16.1. The van der Waals surface area contributed by atoms with Crippen molar-refractivity contribution in [2.45, 2.75) is 38.8 Å². The number of carbonyl (C=O) groups is 1. The van der Waals surface area contributed by atoms with Gasteiger partial charge in [-0.3, -0.25) is 14.4 Å². The number of nitrogens with zero attached hydrogens (tertiary/aromatic N) is 3. The van der Waals surface area contributed by atoms with Crippen LogP contribution in [0.2, 0.25) is 0 Å². The fourth-order valence-electron chi connectivity index (χ4n) is 3.26. The van der Waals surface area contributed by atoms with E-state index in [2.05, 4.69) is 28.2 Å². The third-order valence-corrected chi connectivity index (χ3v) is 4.21. The first kappa shape index (κ1) is 13.3. The van der Waals surface area contributed by atoms with Crippen molar-refractivity contribution in [1.29, 1.82) is 0 Å². The van der Waals surface area contributed by atoms with Gasteiger partial charge in [0, 0.05) is 31.4 Å². The summed E-state index contributed by atoms with van der Waals surface area (Å²) in [6.07, 6.45) is 2.98. The molecule has 1 aliphatic heterocycles. The highest BCUT2D eigenvalue weighted by Crippen LogP contribution is 2.25. The maximum absolute atomic E-state index is 11.4. The minimum atomic E-state index is 0.285. The third kappa shape index (κ3) is 2.48. The second kappa shape index (κ2) is 5.37. The molecule has 20 heavy (non-hydrogen) atoms. The van der Waals surface area contributed by atoms with Crippen LogP contribution in [0.1, 0.15) is 31.9 Å². The van der Waals surface area contributed by atoms with Crippen molar-refractivity contribution in [2.75, 3.05) is 6.54 Å². The Kier molecular flexibility index (Phi) is 3.57. The fourth-order valence-corrected chi connectivity index (χ4v) is 3.26. The van der Waals surface area contributed by atoms with Crippen LogP contribution in [0.5, 0.6) is 0 Å². The lowest BCUT2D eigenvalue weighted by molar-refractivity contribution is -0.118. The van der Waals surface area contributed by atoms with E-state index in [0.29, 0.717) is 12.5 Å². The van der Waals surface area contributed by atoms with Crippen molar-refractivity contribution in [1.82, 2.24) is 14.7 Å². The van der Waals surface area contributed by atoms with Gasteiger partial charge in [-0.1, -0.05) is 18.2 Å². The molecule has 1 fully saturated rings. The molecule has 4 nitrogen and oxygen atoms in total. The molecule has 0 saturated carbocycles. The van der Waals surface area contributed by atoms with Crippen LogP contribution >= 0.6 is 0 Å². The van der Waals surface area contributed by atoms with E-state index in [1.807, 2.05) is 17.8 Å². The number of para-hydroxylation sites is 1. The summed E-state index contributed by atoms with van der Waals surface area (Å²) in [5.74, 6) is 0.285. The lowest BCUT2D eigenvalue weighted by Crippen LogP contribution is -2.30. The molecule has 0 aliphatic carbocycles. The third-order valence-electron chi connectivity index (χ3n) is 4.21. The van der Waals surface area contributed by atoms with Crippen molar-refractivity contribution in [3.05, 3.63) is 30.0 Å². The molecule has 1 saturated heterocycles. The van der Waals surface area contributed by atoms with Crippen LogP contribution in [0.4, 0.5) is 0 Å². The van der Waals surface area contributed by atoms with Gasteiger partial charge in [0.2, 0.25) is 0 Å². The summed E-state index contributed by atoms with van der Waals surface area (Å²) in [4.78, 5) is 13.8. The van der Waals surface area contributed by atoms with Crippen LogP contribution < -0.4 is 0 Å². The molecule has 0 radical (unpaired) electrons. The number of likely N-dealkylation sites (tertiary alicyclic amines) is 1. The van der Waals surface area contributed by atoms with Crippen LogP contribution in [-0.4, -0.2) is 33.1 Å². The molecule has 1 unspecified atom stereocenters. The summed E-state index contributed by atoms with van der Waals surface area (Å²) in [6.45, 7) is 3.61. The molecule has 1 atom stereocenters. The molecule has 0 amide bonds. The van der Waals surface area contributed by atoms with Crippen molar-refractivity contribution in [3.63, 3.8) is 0 Å². The molecular formula is C16H21N3O.